The van der Waals surface area contributed by atoms with Crippen LogP contribution >= 0.6 is 12.6 Å². The molecular formula is C16H25N3O3S. The fourth-order valence-electron chi connectivity index (χ4n) is 3.10. The first kappa shape index (κ1) is 18.2. The molecule has 0 heterocycles. The molecule has 0 aromatic carbocycles. The summed E-state index contributed by atoms with van der Waals surface area (Å²) in [5.41, 5.74) is 8.20. The minimum Gasteiger partial charge on any atom is -0.462 e. The van der Waals surface area contributed by atoms with Crippen LogP contribution in [-0.4, -0.2) is 37.1 Å². The zero-order chi connectivity index (χ0) is 16.5. The number of esters is 1. The quantitative estimate of drug-likeness (QED) is 0.146. The van der Waals surface area contributed by atoms with Gasteiger partial charge in [0.05, 0.1) is 18.6 Å². The lowest BCUT2D eigenvalue weighted by atomic mass is 9.88. The SMILES string of the molecule is [N-]=[N+]=NCCOC1C=CC(C(=O)OC2CCC(CS)CC2)CC1. The Morgan fingerprint density at radius 2 is 2.00 bits per heavy atom. The molecule has 0 saturated heterocycles. The number of rotatable bonds is 7. The molecule has 0 spiro atoms. The summed E-state index contributed by atoms with van der Waals surface area (Å²) in [6, 6.07) is 0. The Morgan fingerprint density at radius 1 is 1.22 bits per heavy atom. The summed E-state index contributed by atoms with van der Waals surface area (Å²) in [4.78, 5) is 14.9. The molecule has 0 radical (unpaired) electrons. The van der Waals surface area contributed by atoms with Gasteiger partial charge in [0.25, 0.3) is 0 Å². The van der Waals surface area contributed by atoms with E-state index in [1.165, 1.54) is 0 Å². The highest BCUT2D eigenvalue weighted by atomic mass is 32.1. The van der Waals surface area contributed by atoms with Crippen LogP contribution in [0.4, 0.5) is 0 Å². The average molecular weight is 339 g/mol. The molecule has 23 heavy (non-hydrogen) atoms. The maximum atomic E-state index is 12.2. The number of thiol groups is 1. The van der Waals surface area contributed by atoms with Crippen LogP contribution in [0.5, 0.6) is 0 Å². The lowest BCUT2D eigenvalue weighted by molar-refractivity contribution is -0.154. The lowest BCUT2D eigenvalue weighted by Gasteiger charge is -2.29. The number of ether oxygens (including phenoxy) is 2. The van der Waals surface area contributed by atoms with Crippen LogP contribution in [0, 0.1) is 11.8 Å². The summed E-state index contributed by atoms with van der Waals surface area (Å²) in [5, 5.41) is 3.43. The number of hydrogen-bond acceptors (Lipinski definition) is 5. The fourth-order valence-corrected chi connectivity index (χ4v) is 3.47. The zero-order valence-corrected chi connectivity index (χ0v) is 14.2. The molecule has 128 valence electrons. The van der Waals surface area contributed by atoms with Gasteiger partial charge in [-0.15, -0.1) is 0 Å². The second-order valence-electron chi connectivity index (χ2n) is 6.19. The Labute approximate surface area is 142 Å². The third-order valence-corrected chi connectivity index (χ3v) is 5.06. The molecule has 0 amide bonds. The Hall–Kier alpha value is -1.17. The molecule has 7 heteroatoms. The predicted molar refractivity (Wildman–Crippen MR) is 91.3 cm³/mol. The van der Waals surface area contributed by atoms with Gasteiger partial charge in [-0.25, -0.2) is 0 Å². The van der Waals surface area contributed by atoms with Crippen molar-refractivity contribution < 1.29 is 14.3 Å². The van der Waals surface area contributed by atoms with Crippen molar-refractivity contribution in [3.05, 3.63) is 22.6 Å². The van der Waals surface area contributed by atoms with Crippen LogP contribution in [0.1, 0.15) is 38.5 Å². The topological polar surface area (TPSA) is 84.3 Å². The van der Waals surface area contributed by atoms with Crippen molar-refractivity contribution in [3.63, 3.8) is 0 Å². The molecule has 0 aliphatic heterocycles. The first-order chi connectivity index (χ1) is 11.2. The van der Waals surface area contributed by atoms with Gasteiger partial charge in [-0.3, -0.25) is 4.79 Å². The predicted octanol–water partition coefficient (Wildman–Crippen LogP) is 3.68. The third-order valence-electron chi connectivity index (χ3n) is 4.54. The summed E-state index contributed by atoms with van der Waals surface area (Å²) in [6.45, 7) is 0.740. The van der Waals surface area contributed by atoms with E-state index in [1.807, 2.05) is 12.2 Å². The van der Waals surface area contributed by atoms with Crippen LogP contribution < -0.4 is 0 Å². The molecule has 2 aliphatic carbocycles. The number of hydrogen-bond donors (Lipinski definition) is 1. The molecule has 2 rings (SSSR count). The summed E-state index contributed by atoms with van der Waals surface area (Å²) in [7, 11) is 0. The molecule has 0 N–H and O–H groups in total. The van der Waals surface area contributed by atoms with E-state index < -0.39 is 0 Å². The second-order valence-corrected chi connectivity index (χ2v) is 6.56. The molecule has 0 aromatic rings. The van der Waals surface area contributed by atoms with Gasteiger partial charge in [0.15, 0.2) is 0 Å². The van der Waals surface area contributed by atoms with Gasteiger partial charge in [-0.05, 0) is 55.7 Å². The monoisotopic (exact) mass is 339 g/mol. The number of carbonyl (C=O) groups excluding carboxylic acids is 1. The van der Waals surface area contributed by atoms with Crippen LogP contribution in [-0.2, 0) is 14.3 Å². The number of carbonyl (C=O) groups is 1. The molecule has 2 atom stereocenters. The van der Waals surface area contributed by atoms with Gasteiger partial charge in [0.1, 0.15) is 6.10 Å². The molecule has 0 aromatic heterocycles. The summed E-state index contributed by atoms with van der Waals surface area (Å²) >= 11 is 4.34. The normalized spacial score (nSPS) is 30.5. The third kappa shape index (κ3) is 6.09. The van der Waals surface area contributed by atoms with Gasteiger partial charge < -0.3 is 9.47 Å². The maximum absolute atomic E-state index is 12.2. The Kier molecular flexibility index (Phi) is 7.79. The van der Waals surface area contributed by atoms with E-state index in [9.17, 15) is 4.79 Å². The van der Waals surface area contributed by atoms with E-state index >= 15 is 0 Å². The molecular weight excluding hydrogens is 314 g/mol. The molecule has 2 aliphatic rings. The van der Waals surface area contributed by atoms with Crippen LogP contribution in [0.25, 0.3) is 10.4 Å². The van der Waals surface area contributed by atoms with Crippen LogP contribution in [0.2, 0.25) is 0 Å². The van der Waals surface area contributed by atoms with Crippen molar-refractivity contribution in [2.24, 2.45) is 17.0 Å². The van der Waals surface area contributed by atoms with Gasteiger partial charge in [-0.2, -0.15) is 12.6 Å². The first-order valence-electron chi connectivity index (χ1n) is 8.35. The van der Waals surface area contributed by atoms with E-state index in [4.69, 9.17) is 15.0 Å². The lowest BCUT2D eigenvalue weighted by Crippen LogP contribution is -2.29. The summed E-state index contributed by atoms with van der Waals surface area (Å²) in [6.07, 6.45) is 9.53. The van der Waals surface area contributed by atoms with E-state index in [0.29, 0.717) is 19.1 Å². The summed E-state index contributed by atoms with van der Waals surface area (Å²) in [5.74, 6) is 1.33. The highest BCUT2D eigenvalue weighted by Crippen LogP contribution is 2.28. The van der Waals surface area contributed by atoms with E-state index in [-0.39, 0.29) is 24.1 Å². The summed E-state index contributed by atoms with van der Waals surface area (Å²) < 4.78 is 11.2. The molecule has 1 fully saturated rings. The Bertz CT molecular complexity index is 457. The average Bonchev–Trinajstić information content (AvgIpc) is 2.60. The molecule has 2 unspecified atom stereocenters. The molecule has 6 nitrogen and oxygen atoms in total. The largest absolute Gasteiger partial charge is 0.462 e. The van der Waals surface area contributed by atoms with Gasteiger partial charge in [0.2, 0.25) is 0 Å². The Morgan fingerprint density at radius 3 is 2.61 bits per heavy atom. The van der Waals surface area contributed by atoms with Crippen molar-refractivity contribution in [2.45, 2.75) is 50.7 Å². The maximum Gasteiger partial charge on any atom is 0.313 e. The minimum absolute atomic E-state index is 0.00114. The Balaban J connectivity index is 1.69. The van der Waals surface area contributed by atoms with Crippen molar-refractivity contribution in [2.75, 3.05) is 18.9 Å². The highest BCUT2D eigenvalue weighted by molar-refractivity contribution is 7.80. The van der Waals surface area contributed by atoms with Crippen molar-refractivity contribution in [1.82, 2.24) is 0 Å². The van der Waals surface area contributed by atoms with E-state index in [1.54, 1.807) is 0 Å². The van der Waals surface area contributed by atoms with Gasteiger partial charge >= 0.3 is 5.97 Å². The first-order valence-corrected chi connectivity index (χ1v) is 8.98. The van der Waals surface area contributed by atoms with Gasteiger partial charge in [0, 0.05) is 11.5 Å². The smallest absolute Gasteiger partial charge is 0.313 e. The van der Waals surface area contributed by atoms with Gasteiger partial charge in [-0.1, -0.05) is 17.3 Å². The van der Waals surface area contributed by atoms with Crippen molar-refractivity contribution >= 4 is 18.6 Å². The fraction of sp³-hybridized carbons (Fsp3) is 0.812. The standard InChI is InChI=1S/C16H25N3O3S/c17-19-18-9-10-21-14-7-3-13(4-8-14)16(20)22-15-5-1-12(11-23)2-6-15/h3,7,12-15,23H,1-2,4-6,8-11H2. The van der Waals surface area contributed by atoms with E-state index in [0.717, 1.165) is 44.3 Å². The second kappa shape index (κ2) is 9.85. The number of azide groups is 1. The van der Waals surface area contributed by atoms with E-state index in [2.05, 4.69) is 22.7 Å². The van der Waals surface area contributed by atoms with Crippen molar-refractivity contribution in [1.29, 1.82) is 0 Å². The van der Waals surface area contributed by atoms with Crippen LogP contribution in [0.3, 0.4) is 0 Å². The van der Waals surface area contributed by atoms with Crippen LogP contribution in [0.15, 0.2) is 17.3 Å². The minimum atomic E-state index is -0.158. The number of nitrogens with zero attached hydrogens (tertiary/aromatic N) is 3. The molecule has 0 bridgehead atoms. The molecule has 1 saturated carbocycles. The zero-order valence-electron chi connectivity index (χ0n) is 13.3. The highest BCUT2D eigenvalue weighted by Gasteiger charge is 2.28. The van der Waals surface area contributed by atoms with Crippen molar-refractivity contribution in [3.8, 4) is 0 Å².